The van der Waals surface area contributed by atoms with E-state index in [1.807, 2.05) is 11.9 Å². The molecule has 5 heteroatoms. The Labute approximate surface area is 122 Å². The standard InChI is InChI=1S/C14H25BN2OS/c1-11-12(17-19-13(2,3)4)14(9-18-11)5-7-15(10-16)8-6-14/h11-12,17H,5-9H2,1-4H3. The average Bonchev–Trinajstić information content (AvgIpc) is 2.64. The predicted molar refractivity (Wildman–Crippen MR) is 82.3 cm³/mol. The third-order valence-electron chi connectivity index (χ3n) is 4.42. The van der Waals surface area contributed by atoms with Gasteiger partial charge in [0.25, 0.3) is 6.71 Å². The zero-order valence-electron chi connectivity index (χ0n) is 12.5. The van der Waals surface area contributed by atoms with Crippen LogP contribution in [0.25, 0.3) is 0 Å². The number of nitrogens with zero attached hydrogens (tertiary/aromatic N) is 1. The van der Waals surface area contributed by atoms with E-state index in [1.165, 1.54) is 0 Å². The Morgan fingerprint density at radius 1 is 1.37 bits per heavy atom. The molecule has 0 aromatic rings. The normalized spacial score (nSPS) is 30.6. The molecule has 0 aliphatic carbocycles. The second kappa shape index (κ2) is 5.67. The molecule has 2 fully saturated rings. The SMILES string of the molecule is CC1OCC2(CCB(C#N)CC2)C1NSC(C)(C)C. The summed E-state index contributed by atoms with van der Waals surface area (Å²) in [6, 6.07) is 0.413. The minimum atomic E-state index is 0.216. The number of rotatable bonds is 2. The third-order valence-corrected chi connectivity index (χ3v) is 5.40. The van der Waals surface area contributed by atoms with Crippen molar-refractivity contribution in [3.05, 3.63) is 0 Å². The first-order chi connectivity index (χ1) is 8.86. The maximum Gasteiger partial charge on any atom is 0.267 e. The third kappa shape index (κ3) is 3.48. The van der Waals surface area contributed by atoms with Gasteiger partial charge in [0, 0.05) is 16.1 Å². The zero-order valence-corrected chi connectivity index (χ0v) is 13.3. The van der Waals surface area contributed by atoms with Crippen molar-refractivity contribution in [3.63, 3.8) is 0 Å². The van der Waals surface area contributed by atoms with Crippen LogP contribution >= 0.6 is 11.9 Å². The van der Waals surface area contributed by atoms with E-state index >= 15 is 0 Å². The number of hydrogen-bond acceptors (Lipinski definition) is 4. The minimum absolute atomic E-state index is 0.216. The van der Waals surface area contributed by atoms with E-state index < -0.39 is 0 Å². The first-order valence-electron chi connectivity index (χ1n) is 7.31. The highest BCUT2D eigenvalue weighted by Gasteiger charge is 2.50. The summed E-state index contributed by atoms with van der Waals surface area (Å²) >= 11 is 1.81. The largest absolute Gasteiger partial charge is 0.376 e. The summed E-state index contributed by atoms with van der Waals surface area (Å²) in [5.74, 6) is 2.43. The molecule has 2 unspecified atom stereocenters. The predicted octanol–water partition coefficient (Wildman–Crippen LogP) is 3.15. The summed E-state index contributed by atoms with van der Waals surface area (Å²) < 4.78 is 9.82. The number of nitrogens with one attached hydrogen (secondary N) is 1. The van der Waals surface area contributed by atoms with Crippen LogP contribution in [0.2, 0.25) is 12.6 Å². The van der Waals surface area contributed by atoms with Crippen LogP contribution < -0.4 is 4.72 Å². The fraction of sp³-hybridized carbons (Fsp3) is 0.929. The number of hydrogen-bond donors (Lipinski definition) is 1. The van der Waals surface area contributed by atoms with E-state index in [2.05, 4.69) is 38.4 Å². The molecule has 2 aliphatic rings. The van der Waals surface area contributed by atoms with Crippen LogP contribution in [0.1, 0.15) is 40.5 Å². The van der Waals surface area contributed by atoms with E-state index in [0.29, 0.717) is 6.04 Å². The summed E-state index contributed by atoms with van der Waals surface area (Å²) in [6.07, 6.45) is 4.58. The molecule has 2 aliphatic heterocycles. The van der Waals surface area contributed by atoms with Gasteiger partial charge < -0.3 is 4.74 Å². The van der Waals surface area contributed by atoms with Crippen LogP contribution in [0.5, 0.6) is 0 Å². The van der Waals surface area contributed by atoms with Crippen LogP contribution in [-0.4, -0.2) is 30.2 Å². The zero-order chi connectivity index (χ0) is 14.1. The van der Waals surface area contributed by atoms with Gasteiger partial charge in [-0.15, -0.1) is 0 Å². The van der Waals surface area contributed by atoms with Crippen molar-refractivity contribution in [1.82, 2.24) is 4.72 Å². The maximum atomic E-state index is 9.05. The quantitative estimate of drug-likeness (QED) is 0.623. The Morgan fingerprint density at radius 2 is 2.00 bits per heavy atom. The maximum absolute atomic E-state index is 9.05. The molecule has 0 saturated carbocycles. The number of nitriles is 1. The fourth-order valence-corrected chi connectivity index (χ4v) is 4.14. The van der Waals surface area contributed by atoms with Gasteiger partial charge in [-0.2, -0.15) is 0 Å². The van der Waals surface area contributed by atoms with Crippen molar-refractivity contribution in [2.24, 2.45) is 5.41 Å². The Morgan fingerprint density at radius 3 is 2.53 bits per heavy atom. The van der Waals surface area contributed by atoms with Crippen molar-refractivity contribution >= 4 is 18.7 Å². The molecule has 1 spiro atoms. The molecule has 1 N–H and O–H groups in total. The molecule has 0 bridgehead atoms. The highest BCUT2D eigenvalue weighted by atomic mass is 32.2. The molecular weight excluding hydrogens is 255 g/mol. The van der Waals surface area contributed by atoms with Crippen LogP contribution in [0.15, 0.2) is 0 Å². The molecule has 0 aromatic carbocycles. The van der Waals surface area contributed by atoms with Gasteiger partial charge in [-0.3, -0.25) is 4.72 Å². The lowest BCUT2D eigenvalue weighted by molar-refractivity contribution is 0.101. The molecule has 3 nitrogen and oxygen atoms in total. The Kier molecular flexibility index (Phi) is 4.54. The van der Waals surface area contributed by atoms with Gasteiger partial charge in [0.2, 0.25) is 0 Å². The lowest BCUT2D eigenvalue weighted by atomic mass is 9.39. The van der Waals surface area contributed by atoms with E-state index in [4.69, 9.17) is 10.00 Å². The first kappa shape index (κ1) is 15.2. The van der Waals surface area contributed by atoms with Gasteiger partial charge >= 0.3 is 0 Å². The summed E-state index contributed by atoms with van der Waals surface area (Å²) in [6.45, 7) is 9.97. The number of ether oxygens (including phenoxy) is 1. The van der Waals surface area contributed by atoms with Gasteiger partial charge in [0.05, 0.1) is 18.8 Å². The molecule has 0 radical (unpaired) electrons. The first-order valence-corrected chi connectivity index (χ1v) is 8.13. The van der Waals surface area contributed by atoms with Crippen LogP contribution in [0.3, 0.4) is 0 Å². The Bertz CT molecular complexity index is 355. The Hall–Kier alpha value is -0.175. The molecular formula is C14H25BN2OS. The topological polar surface area (TPSA) is 45.0 Å². The lowest BCUT2D eigenvalue weighted by Gasteiger charge is -2.40. The molecule has 2 heterocycles. The molecule has 2 atom stereocenters. The van der Waals surface area contributed by atoms with E-state index in [-0.39, 0.29) is 23.0 Å². The lowest BCUT2D eigenvalue weighted by Crippen LogP contribution is -2.48. The highest BCUT2D eigenvalue weighted by Crippen LogP contribution is 2.46. The summed E-state index contributed by atoms with van der Waals surface area (Å²) in [7, 11) is 0. The van der Waals surface area contributed by atoms with Gasteiger partial charge in [-0.05, 0) is 40.5 Å². The monoisotopic (exact) mass is 280 g/mol. The van der Waals surface area contributed by atoms with Crippen molar-refractivity contribution in [1.29, 1.82) is 5.26 Å². The molecule has 19 heavy (non-hydrogen) atoms. The van der Waals surface area contributed by atoms with Crippen LogP contribution in [0, 0.1) is 16.6 Å². The van der Waals surface area contributed by atoms with Gasteiger partial charge in [0.15, 0.2) is 0 Å². The van der Waals surface area contributed by atoms with Crippen LogP contribution in [0.4, 0.5) is 0 Å². The van der Waals surface area contributed by atoms with E-state index in [1.54, 1.807) is 0 Å². The van der Waals surface area contributed by atoms with Gasteiger partial charge in [0.1, 0.15) is 0 Å². The van der Waals surface area contributed by atoms with Gasteiger partial charge in [-0.1, -0.05) is 24.6 Å². The minimum Gasteiger partial charge on any atom is -0.376 e. The Balaban J connectivity index is 2.01. The second-order valence-corrected chi connectivity index (χ2v) is 8.76. The summed E-state index contributed by atoms with van der Waals surface area (Å²) in [5, 5.41) is 9.05. The molecule has 2 saturated heterocycles. The van der Waals surface area contributed by atoms with Crippen molar-refractivity contribution < 1.29 is 4.74 Å². The molecule has 0 amide bonds. The van der Waals surface area contributed by atoms with Crippen molar-refractivity contribution in [2.75, 3.05) is 6.61 Å². The molecule has 106 valence electrons. The summed E-state index contributed by atoms with van der Waals surface area (Å²) in [5.41, 5.74) is 0.255. The van der Waals surface area contributed by atoms with Gasteiger partial charge in [-0.25, -0.2) is 5.26 Å². The van der Waals surface area contributed by atoms with Crippen LogP contribution in [-0.2, 0) is 4.74 Å². The molecule has 0 aromatic heterocycles. The van der Waals surface area contributed by atoms with E-state index in [0.717, 1.165) is 32.1 Å². The van der Waals surface area contributed by atoms with Crippen molar-refractivity contribution in [2.45, 2.75) is 70.1 Å². The smallest absolute Gasteiger partial charge is 0.267 e. The summed E-state index contributed by atoms with van der Waals surface area (Å²) in [4.78, 5) is 0. The van der Waals surface area contributed by atoms with E-state index in [9.17, 15) is 0 Å². The fourth-order valence-electron chi connectivity index (χ4n) is 3.22. The molecule has 2 rings (SSSR count). The second-order valence-electron chi connectivity index (χ2n) is 7.09. The highest BCUT2D eigenvalue weighted by molar-refractivity contribution is 7.98. The average molecular weight is 280 g/mol. The van der Waals surface area contributed by atoms with Crippen molar-refractivity contribution in [3.8, 4) is 5.97 Å².